The van der Waals surface area contributed by atoms with E-state index in [1.165, 1.54) is 12.1 Å². The lowest BCUT2D eigenvalue weighted by Gasteiger charge is -2.18. The van der Waals surface area contributed by atoms with Crippen LogP contribution in [-0.4, -0.2) is 39.4 Å². The number of phenolic OH excluding ortho intramolecular Hbond substituents is 1. The highest BCUT2D eigenvalue weighted by molar-refractivity contribution is 5.98. The molecule has 0 saturated carbocycles. The second-order valence-corrected chi connectivity index (χ2v) is 6.44. The predicted octanol–water partition coefficient (Wildman–Crippen LogP) is 2.08. The molecule has 11 heteroatoms. The van der Waals surface area contributed by atoms with Gasteiger partial charge in [-0.2, -0.15) is 0 Å². The van der Waals surface area contributed by atoms with Crippen molar-refractivity contribution in [2.24, 2.45) is 0 Å². The van der Waals surface area contributed by atoms with E-state index in [1.807, 2.05) is 6.92 Å². The summed E-state index contributed by atoms with van der Waals surface area (Å²) < 4.78 is 0. The van der Waals surface area contributed by atoms with Crippen LogP contribution in [0.3, 0.4) is 0 Å². The van der Waals surface area contributed by atoms with Crippen LogP contribution in [0.5, 0.6) is 5.75 Å². The molecule has 2 amide bonds. The number of amides is 2. The van der Waals surface area contributed by atoms with Crippen molar-refractivity contribution >= 4 is 23.2 Å². The second kappa shape index (κ2) is 9.96. The van der Waals surface area contributed by atoms with E-state index in [4.69, 9.17) is 0 Å². The van der Waals surface area contributed by atoms with Gasteiger partial charge in [0.15, 0.2) is 0 Å². The molecule has 0 radical (unpaired) electrons. The molecule has 0 saturated heterocycles. The standard InChI is InChI=1S/C19H20N4O7/c1-2-7-20-19(26)17(8-12-3-5-16(24)6-4-12)21-18(25)13-9-14(22(27)28)11-15(10-13)23(29)30/h3-6,9-11,17,24H,2,7-8H2,1H3,(H,20,26)(H,21,25). The van der Waals surface area contributed by atoms with Crippen molar-refractivity contribution in [1.82, 2.24) is 10.6 Å². The Morgan fingerprint density at radius 3 is 2.10 bits per heavy atom. The molecule has 0 aliphatic heterocycles. The molecule has 2 aromatic carbocycles. The van der Waals surface area contributed by atoms with Crippen LogP contribution >= 0.6 is 0 Å². The second-order valence-electron chi connectivity index (χ2n) is 6.44. The number of carbonyl (C=O) groups excluding carboxylic acids is 2. The average molecular weight is 416 g/mol. The number of non-ortho nitro benzene ring substituents is 2. The maximum absolute atomic E-state index is 12.7. The number of nitrogens with zero attached hydrogens (tertiary/aromatic N) is 2. The van der Waals surface area contributed by atoms with Crippen molar-refractivity contribution in [3.8, 4) is 5.75 Å². The van der Waals surface area contributed by atoms with Gasteiger partial charge in [0.05, 0.1) is 21.5 Å². The molecule has 1 atom stereocenters. The molecule has 1 unspecified atom stereocenters. The maximum atomic E-state index is 12.7. The molecule has 3 N–H and O–H groups in total. The number of hydrogen-bond acceptors (Lipinski definition) is 7. The van der Waals surface area contributed by atoms with Crippen LogP contribution < -0.4 is 10.6 Å². The zero-order valence-corrected chi connectivity index (χ0v) is 16.0. The molecule has 0 spiro atoms. The summed E-state index contributed by atoms with van der Waals surface area (Å²) in [4.78, 5) is 45.5. The van der Waals surface area contributed by atoms with Gasteiger partial charge in [-0.05, 0) is 24.1 Å². The Morgan fingerprint density at radius 2 is 1.60 bits per heavy atom. The fourth-order valence-electron chi connectivity index (χ4n) is 2.63. The Hall–Kier alpha value is -4.02. The number of hydrogen-bond donors (Lipinski definition) is 3. The molecule has 30 heavy (non-hydrogen) atoms. The summed E-state index contributed by atoms with van der Waals surface area (Å²) in [6, 6.07) is 7.56. The van der Waals surface area contributed by atoms with Gasteiger partial charge in [0.25, 0.3) is 17.3 Å². The summed E-state index contributed by atoms with van der Waals surface area (Å²) in [5.41, 5.74) is -0.885. The van der Waals surface area contributed by atoms with Crippen molar-refractivity contribution < 1.29 is 24.5 Å². The Bertz CT molecular complexity index is 928. The highest BCUT2D eigenvalue weighted by Gasteiger charge is 2.25. The SMILES string of the molecule is CCCNC(=O)C(Cc1ccc(O)cc1)NC(=O)c1cc([N+](=O)[O-])cc([N+](=O)[O-])c1. The summed E-state index contributed by atoms with van der Waals surface area (Å²) in [5.74, 6) is -1.30. The summed E-state index contributed by atoms with van der Waals surface area (Å²) in [6.45, 7) is 2.24. The van der Waals surface area contributed by atoms with Gasteiger partial charge in [0, 0.05) is 25.1 Å². The minimum absolute atomic E-state index is 0.0404. The average Bonchev–Trinajstić information content (AvgIpc) is 2.72. The van der Waals surface area contributed by atoms with Crippen molar-refractivity contribution in [3.05, 3.63) is 73.8 Å². The van der Waals surface area contributed by atoms with Crippen LogP contribution in [0.4, 0.5) is 11.4 Å². The van der Waals surface area contributed by atoms with Gasteiger partial charge in [-0.1, -0.05) is 19.1 Å². The Morgan fingerprint density at radius 1 is 1.03 bits per heavy atom. The molecule has 2 rings (SSSR count). The molecule has 2 aromatic rings. The first kappa shape index (κ1) is 22.3. The lowest BCUT2D eigenvalue weighted by atomic mass is 10.0. The first-order valence-corrected chi connectivity index (χ1v) is 9.01. The molecule has 158 valence electrons. The van der Waals surface area contributed by atoms with Gasteiger partial charge >= 0.3 is 0 Å². The summed E-state index contributed by atoms with van der Waals surface area (Å²) in [7, 11) is 0. The number of benzene rings is 2. The van der Waals surface area contributed by atoms with Crippen LogP contribution in [0.1, 0.15) is 29.3 Å². The smallest absolute Gasteiger partial charge is 0.277 e. The number of nitro groups is 2. The van der Waals surface area contributed by atoms with E-state index in [1.54, 1.807) is 12.1 Å². The number of carbonyl (C=O) groups is 2. The van der Waals surface area contributed by atoms with E-state index >= 15 is 0 Å². The Kier molecular flexibility index (Phi) is 7.39. The largest absolute Gasteiger partial charge is 0.508 e. The lowest BCUT2D eigenvalue weighted by Crippen LogP contribution is -2.48. The van der Waals surface area contributed by atoms with Crippen LogP contribution in [0.15, 0.2) is 42.5 Å². The van der Waals surface area contributed by atoms with E-state index in [0.29, 0.717) is 18.5 Å². The van der Waals surface area contributed by atoms with Crippen molar-refractivity contribution in [1.29, 1.82) is 0 Å². The van der Waals surface area contributed by atoms with Gasteiger partial charge in [-0.15, -0.1) is 0 Å². The molecular weight excluding hydrogens is 396 g/mol. The van der Waals surface area contributed by atoms with Crippen molar-refractivity contribution in [3.63, 3.8) is 0 Å². The quantitative estimate of drug-likeness (QED) is 0.416. The molecule has 0 aliphatic rings. The van der Waals surface area contributed by atoms with Gasteiger partial charge in [-0.25, -0.2) is 0 Å². The Labute approximate surface area is 171 Å². The number of nitrogens with one attached hydrogen (secondary N) is 2. The van der Waals surface area contributed by atoms with Crippen LogP contribution in [0, 0.1) is 20.2 Å². The highest BCUT2D eigenvalue weighted by atomic mass is 16.6. The predicted molar refractivity (Wildman–Crippen MR) is 106 cm³/mol. The number of aromatic hydroxyl groups is 1. The van der Waals surface area contributed by atoms with E-state index in [2.05, 4.69) is 10.6 Å². The normalized spacial score (nSPS) is 11.4. The van der Waals surface area contributed by atoms with Gasteiger partial charge in [0.2, 0.25) is 5.91 Å². The zero-order chi connectivity index (χ0) is 22.3. The molecule has 0 bridgehead atoms. The number of rotatable bonds is 9. The van der Waals surface area contributed by atoms with Crippen LogP contribution in [0.2, 0.25) is 0 Å². The van der Waals surface area contributed by atoms with E-state index in [-0.39, 0.29) is 17.7 Å². The lowest BCUT2D eigenvalue weighted by molar-refractivity contribution is -0.394. The van der Waals surface area contributed by atoms with E-state index < -0.39 is 39.1 Å². The minimum Gasteiger partial charge on any atom is -0.508 e. The topological polar surface area (TPSA) is 165 Å². The maximum Gasteiger partial charge on any atom is 0.277 e. The van der Waals surface area contributed by atoms with Crippen LogP contribution in [-0.2, 0) is 11.2 Å². The molecule has 11 nitrogen and oxygen atoms in total. The number of phenols is 1. The number of nitro benzene ring substituents is 2. The highest BCUT2D eigenvalue weighted by Crippen LogP contribution is 2.23. The van der Waals surface area contributed by atoms with Crippen molar-refractivity contribution in [2.75, 3.05) is 6.54 Å². The molecular formula is C19H20N4O7. The first-order chi connectivity index (χ1) is 14.2. The van der Waals surface area contributed by atoms with Gasteiger partial charge in [0.1, 0.15) is 11.8 Å². The van der Waals surface area contributed by atoms with Crippen LogP contribution in [0.25, 0.3) is 0 Å². The summed E-state index contributed by atoms with van der Waals surface area (Å²) >= 11 is 0. The third-order valence-corrected chi connectivity index (χ3v) is 4.13. The zero-order valence-electron chi connectivity index (χ0n) is 16.0. The summed E-state index contributed by atoms with van der Waals surface area (Å²) in [6.07, 6.45) is 0.751. The minimum atomic E-state index is -1.04. The molecule has 0 heterocycles. The first-order valence-electron chi connectivity index (χ1n) is 9.01. The third kappa shape index (κ3) is 5.99. The summed E-state index contributed by atoms with van der Waals surface area (Å²) in [5, 5.41) is 36.6. The fourth-order valence-corrected chi connectivity index (χ4v) is 2.63. The van der Waals surface area contributed by atoms with Gasteiger partial charge < -0.3 is 15.7 Å². The van der Waals surface area contributed by atoms with E-state index in [9.17, 15) is 34.9 Å². The molecule has 0 aromatic heterocycles. The monoisotopic (exact) mass is 416 g/mol. The molecule has 0 fully saturated rings. The van der Waals surface area contributed by atoms with Crippen molar-refractivity contribution in [2.45, 2.75) is 25.8 Å². The van der Waals surface area contributed by atoms with E-state index in [0.717, 1.165) is 18.2 Å². The Balaban J connectivity index is 2.30. The third-order valence-electron chi connectivity index (χ3n) is 4.13. The van der Waals surface area contributed by atoms with Gasteiger partial charge in [-0.3, -0.25) is 29.8 Å². The molecule has 0 aliphatic carbocycles. The fraction of sp³-hybridized carbons (Fsp3) is 0.263.